The van der Waals surface area contributed by atoms with Crippen molar-refractivity contribution in [1.82, 2.24) is 0 Å². The fourth-order valence-electron chi connectivity index (χ4n) is 3.07. The molecule has 3 atom stereocenters. The smallest absolute Gasteiger partial charge is 0.0196 e. The van der Waals surface area contributed by atoms with E-state index in [0.29, 0.717) is 0 Å². The van der Waals surface area contributed by atoms with Crippen molar-refractivity contribution < 1.29 is 0 Å². The zero-order valence-corrected chi connectivity index (χ0v) is 9.99. The van der Waals surface area contributed by atoms with Crippen LogP contribution in [0.3, 0.4) is 0 Å². The Balaban J connectivity index is 1.60. The highest BCUT2D eigenvalue weighted by Gasteiger charge is 2.34. The molecule has 0 radical (unpaired) electrons. The number of rotatable bonds is 6. The zero-order valence-electron chi connectivity index (χ0n) is 9.99. The van der Waals surface area contributed by atoms with Gasteiger partial charge in [0.1, 0.15) is 0 Å². The summed E-state index contributed by atoms with van der Waals surface area (Å²) in [5.41, 5.74) is 0. The third-order valence-corrected chi connectivity index (χ3v) is 4.00. The predicted octanol–water partition coefficient (Wildman–Crippen LogP) is 4.73. The van der Waals surface area contributed by atoms with Crippen LogP contribution in [0.25, 0.3) is 0 Å². The van der Waals surface area contributed by atoms with Gasteiger partial charge in [0.15, 0.2) is 0 Å². The Morgan fingerprint density at radius 1 is 1.13 bits per heavy atom. The Bertz CT molecular complexity index is 236. The molecule has 15 heavy (non-hydrogen) atoms. The van der Waals surface area contributed by atoms with Gasteiger partial charge in [-0.25, -0.2) is 0 Å². The van der Waals surface area contributed by atoms with E-state index < -0.39 is 0 Å². The molecule has 2 aliphatic rings. The first-order valence-corrected chi connectivity index (χ1v) is 6.73. The van der Waals surface area contributed by atoms with Crippen LogP contribution in [0.5, 0.6) is 0 Å². The van der Waals surface area contributed by atoms with Gasteiger partial charge in [0.25, 0.3) is 0 Å². The molecule has 0 aromatic carbocycles. The summed E-state index contributed by atoms with van der Waals surface area (Å²) in [5.74, 6) is 2.84. The van der Waals surface area contributed by atoms with E-state index >= 15 is 0 Å². The third kappa shape index (κ3) is 2.96. The van der Waals surface area contributed by atoms with Gasteiger partial charge in [0.05, 0.1) is 0 Å². The van der Waals surface area contributed by atoms with Crippen LogP contribution in [-0.2, 0) is 0 Å². The first kappa shape index (κ1) is 11.0. The normalized spacial score (nSPS) is 33.3. The number of hydrogen-bond acceptors (Lipinski definition) is 0. The maximum atomic E-state index is 2.46. The minimum absolute atomic E-state index is 0.926. The fraction of sp³-hybridized carbons (Fsp3) is 0.733. The van der Waals surface area contributed by atoms with Crippen molar-refractivity contribution in [2.24, 2.45) is 17.8 Å². The van der Waals surface area contributed by atoms with Gasteiger partial charge in [-0.2, -0.15) is 0 Å². The molecule has 2 aliphatic carbocycles. The quantitative estimate of drug-likeness (QED) is 0.433. The number of fused-ring (bicyclic) bond motifs is 2. The molecular formula is C15H24. The van der Waals surface area contributed by atoms with Crippen LogP contribution in [0, 0.1) is 17.8 Å². The summed E-state index contributed by atoms with van der Waals surface area (Å²) in [5, 5.41) is 0. The largest absolute Gasteiger partial charge is 0.0885 e. The average Bonchev–Trinajstić information content (AvgIpc) is 2.85. The van der Waals surface area contributed by atoms with E-state index in [0.717, 1.165) is 17.8 Å². The van der Waals surface area contributed by atoms with Crippen molar-refractivity contribution in [3.8, 4) is 0 Å². The molecule has 0 N–H and O–H groups in total. The Morgan fingerprint density at radius 2 is 2.07 bits per heavy atom. The Kier molecular flexibility index (Phi) is 4.05. The highest BCUT2D eigenvalue weighted by atomic mass is 14.4. The van der Waals surface area contributed by atoms with E-state index in [1.807, 2.05) is 0 Å². The standard InChI is InChI=1S/C15H24/c1-2-3-4-5-6-7-8-14-11-13-9-10-15(14)12-13/h6-7,9-10,13-15H,2-5,8,11-12H2,1H3. The highest BCUT2D eigenvalue weighted by Crippen LogP contribution is 2.44. The Hall–Kier alpha value is -0.520. The maximum absolute atomic E-state index is 2.46. The molecule has 0 spiro atoms. The van der Waals surface area contributed by atoms with E-state index in [9.17, 15) is 0 Å². The van der Waals surface area contributed by atoms with E-state index in [1.54, 1.807) is 0 Å². The molecule has 1 saturated carbocycles. The van der Waals surface area contributed by atoms with Crippen LogP contribution in [-0.4, -0.2) is 0 Å². The summed E-state index contributed by atoms with van der Waals surface area (Å²) in [7, 11) is 0. The maximum Gasteiger partial charge on any atom is -0.0196 e. The summed E-state index contributed by atoms with van der Waals surface area (Å²) in [6.45, 7) is 2.27. The fourth-order valence-corrected chi connectivity index (χ4v) is 3.07. The predicted molar refractivity (Wildman–Crippen MR) is 66.7 cm³/mol. The van der Waals surface area contributed by atoms with Crippen LogP contribution < -0.4 is 0 Å². The highest BCUT2D eigenvalue weighted by molar-refractivity contribution is 5.11. The van der Waals surface area contributed by atoms with Crippen LogP contribution in [0.15, 0.2) is 24.3 Å². The van der Waals surface area contributed by atoms with Crippen LogP contribution in [0.1, 0.15) is 51.9 Å². The summed E-state index contributed by atoms with van der Waals surface area (Å²) in [6, 6.07) is 0. The van der Waals surface area contributed by atoms with Crippen molar-refractivity contribution >= 4 is 0 Å². The molecule has 2 bridgehead atoms. The van der Waals surface area contributed by atoms with E-state index in [-0.39, 0.29) is 0 Å². The second-order valence-electron chi connectivity index (χ2n) is 5.24. The van der Waals surface area contributed by atoms with Gasteiger partial charge in [-0.05, 0) is 49.9 Å². The van der Waals surface area contributed by atoms with Gasteiger partial charge < -0.3 is 0 Å². The molecule has 0 aromatic heterocycles. The summed E-state index contributed by atoms with van der Waals surface area (Å²) < 4.78 is 0. The van der Waals surface area contributed by atoms with Crippen molar-refractivity contribution in [3.63, 3.8) is 0 Å². The number of hydrogen-bond donors (Lipinski definition) is 0. The third-order valence-electron chi connectivity index (χ3n) is 4.00. The number of allylic oxidation sites excluding steroid dienone is 4. The molecule has 0 heteroatoms. The lowest BCUT2D eigenvalue weighted by atomic mass is 9.90. The molecule has 0 heterocycles. The van der Waals surface area contributed by atoms with Gasteiger partial charge in [-0.3, -0.25) is 0 Å². The SMILES string of the molecule is CCCCCC=CCC1CC2C=CC1C2. The molecule has 0 nitrogen and oxygen atoms in total. The van der Waals surface area contributed by atoms with E-state index in [2.05, 4.69) is 31.2 Å². The Labute approximate surface area is 94.5 Å². The first-order chi connectivity index (χ1) is 7.40. The summed E-state index contributed by atoms with van der Waals surface area (Å²) >= 11 is 0. The van der Waals surface area contributed by atoms with Crippen molar-refractivity contribution in [2.45, 2.75) is 51.9 Å². The molecule has 3 unspecified atom stereocenters. The lowest BCUT2D eigenvalue weighted by Gasteiger charge is -2.15. The first-order valence-electron chi connectivity index (χ1n) is 6.73. The molecule has 1 fully saturated rings. The van der Waals surface area contributed by atoms with Gasteiger partial charge in [0, 0.05) is 0 Å². The molecule has 0 aliphatic heterocycles. The van der Waals surface area contributed by atoms with E-state index in [4.69, 9.17) is 0 Å². The number of unbranched alkanes of at least 4 members (excludes halogenated alkanes) is 3. The van der Waals surface area contributed by atoms with Gasteiger partial charge >= 0.3 is 0 Å². The Morgan fingerprint density at radius 3 is 2.73 bits per heavy atom. The van der Waals surface area contributed by atoms with Crippen molar-refractivity contribution in [3.05, 3.63) is 24.3 Å². The topological polar surface area (TPSA) is 0 Å². The monoisotopic (exact) mass is 204 g/mol. The van der Waals surface area contributed by atoms with Gasteiger partial charge in [-0.1, -0.05) is 44.1 Å². The van der Waals surface area contributed by atoms with Crippen molar-refractivity contribution in [2.75, 3.05) is 0 Å². The molecule has 0 amide bonds. The lowest BCUT2D eigenvalue weighted by molar-refractivity contribution is 0.453. The van der Waals surface area contributed by atoms with Gasteiger partial charge in [0.2, 0.25) is 0 Å². The molecule has 2 rings (SSSR count). The molecule has 84 valence electrons. The lowest BCUT2D eigenvalue weighted by Crippen LogP contribution is -2.04. The van der Waals surface area contributed by atoms with Crippen LogP contribution in [0.2, 0.25) is 0 Å². The summed E-state index contributed by atoms with van der Waals surface area (Å²) in [4.78, 5) is 0. The van der Waals surface area contributed by atoms with E-state index in [1.165, 1.54) is 44.9 Å². The van der Waals surface area contributed by atoms with Crippen LogP contribution >= 0.6 is 0 Å². The minimum atomic E-state index is 0.926. The summed E-state index contributed by atoms with van der Waals surface area (Å²) in [6.07, 6.45) is 19.4. The second-order valence-corrected chi connectivity index (χ2v) is 5.24. The molecular weight excluding hydrogens is 180 g/mol. The molecule has 0 saturated heterocycles. The van der Waals surface area contributed by atoms with Gasteiger partial charge in [-0.15, -0.1) is 0 Å². The van der Waals surface area contributed by atoms with Crippen LogP contribution in [0.4, 0.5) is 0 Å². The second kappa shape index (κ2) is 5.53. The average molecular weight is 204 g/mol. The molecule has 0 aromatic rings. The minimum Gasteiger partial charge on any atom is -0.0885 e. The van der Waals surface area contributed by atoms with Crippen molar-refractivity contribution in [1.29, 1.82) is 0 Å². The zero-order chi connectivity index (χ0) is 10.5.